The summed E-state index contributed by atoms with van der Waals surface area (Å²) in [5.41, 5.74) is 9.91. The van der Waals surface area contributed by atoms with Gasteiger partial charge in [-0.25, -0.2) is 6.08 Å². The molecule has 246 valence electrons. The maximum absolute atomic E-state index is 5.52. The Morgan fingerprint density at radius 2 is 1.37 bits per heavy atom. The van der Waals surface area contributed by atoms with Gasteiger partial charge in [0.15, 0.2) is 0 Å². The van der Waals surface area contributed by atoms with Crippen molar-refractivity contribution in [1.29, 1.82) is 0 Å². The Labute approximate surface area is 316 Å². The SMILES string of the molecule is CCCCC1[C-]=CC(C(C)(C)C)=C1.Cc1[c-]c2c(cc1)-c1ccc(C)cc1C2.Cl.Cl.Clc1cc[c-]cc1.Clc1cc[c-]cc1.[CH2]=[Zr]. The minimum absolute atomic E-state index is 0. The summed E-state index contributed by atoms with van der Waals surface area (Å²) in [6.45, 7) is 13.3. The van der Waals surface area contributed by atoms with Crippen molar-refractivity contribution >= 4 is 52.2 Å². The van der Waals surface area contributed by atoms with Crippen LogP contribution in [0.5, 0.6) is 0 Å². The first-order chi connectivity index (χ1) is 21.1. The van der Waals surface area contributed by atoms with Crippen LogP contribution in [0.3, 0.4) is 0 Å². The van der Waals surface area contributed by atoms with Gasteiger partial charge in [-0.05, 0) is 18.9 Å². The molecule has 0 spiro atoms. The first-order valence-corrected chi connectivity index (χ1v) is 17.6. The number of hydrogen-bond donors (Lipinski definition) is 0. The number of fused-ring (bicyclic) bond motifs is 3. The molecule has 0 aromatic heterocycles. The Balaban J connectivity index is 0.000000596. The summed E-state index contributed by atoms with van der Waals surface area (Å²) in [6, 6.07) is 34.5. The van der Waals surface area contributed by atoms with Crippen LogP contribution in [0.2, 0.25) is 10.0 Å². The first-order valence-electron chi connectivity index (χ1n) is 15.1. The van der Waals surface area contributed by atoms with E-state index >= 15 is 0 Å². The molecule has 0 N–H and O–H groups in total. The van der Waals surface area contributed by atoms with Crippen molar-refractivity contribution in [2.75, 3.05) is 0 Å². The van der Waals surface area contributed by atoms with Crippen molar-refractivity contribution in [2.24, 2.45) is 11.3 Å². The van der Waals surface area contributed by atoms with Crippen molar-refractivity contribution in [1.82, 2.24) is 0 Å². The summed E-state index contributed by atoms with van der Waals surface area (Å²) in [5.74, 6) is 0.592. The van der Waals surface area contributed by atoms with Gasteiger partial charge in [0.2, 0.25) is 0 Å². The number of benzene rings is 4. The van der Waals surface area contributed by atoms with Crippen LogP contribution < -0.4 is 0 Å². The summed E-state index contributed by atoms with van der Waals surface area (Å²) >= 11 is 12.3. The fraction of sp³-hybridized carbons (Fsp3) is 0.293. The zero-order valence-corrected chi connectivity index (χ0v) is 33.4. The Bertz CT molecular complexity index is 1380. The third-order valence-corrected chi connectivity index (χ3v) is 7.52. The molecule has 0 bridgehead atoms. The molecule has 2 aliphatic rings. The van der Waals surface area contributed by atoms with Crippen LogP contribution in [0.4, 0.5) is 0 Å². The summed E-state index contributed by atoms with van der Waals surface area (Å²) in [5, 5.41) is 1.53. The molecule has 0 saturated carbocycles. The molecule has 5 heteroatoms. The van der Waals surface area contributed by atoms with Crippen molar-refractivity contribution in [3.63, 3.8) is 0 Å². The van der Waals surface area contributed by atoms with Crippen LogP contribution in [0.15, 0.2) is 96.6 Å². The molecule has 0 radical (unpaired) electrons. The topological polar surface area (TPSA) is 0 Å². The van der Waals surface area contributed by atoms with E-state index in [-0.39, 0.29) is 24.8 Å². The Morgan fingerprint density at radius 3 is 1.83 bits per heavy atom. The Kier molecular flexibility index (Phi) is 22.7. The van der Waals surface area contributed by atoms with Gasteiger partial charge >= 0.3 is 28.4 Å². The number of aryl methyl sites for hydroxylation is 2. The Hall–Kier alpha value is -1.73. The summed E-state index contributed by atoms with van der Waals surface area (Å²) in [7, 11) is 0. The van der Waals surface area contributed by atoms with Crippen LogP contribution in [-0.4, -0.2) is 4.21 Å². The molecule has 46 heavy (non-hydrogen) atoms. The zero-order valence-electron chi connectivity index (χ0n) is 27.8. The normalized spacial score (nSPS) is 13.0. The van der Waals surface area contributed by atoms with Gasteiger partial charge in [0.25, 0.3) is 0 Å². The standard InChI is InChI=1S/C15H13.C13H21.2C6H4Cl.CH2.2ClH.Zr/c1-10-3-5-14-12(7-10)9-13-8-11(2)4-6-15(13)14;1-5-6-7-11-8-9-12(10-11)13(2,3)4;2*7-6-4-2-1-3-5-6;;;;/h3-7H,9H2,1-2H3;9-11H,5-7H2,1-4H3;2*2-5H;1H2;2*1H;/q4*-1;;;;. The number of unbranched alkanes of at least 4 members (excludes halogenated alkanes) is 1. The molecule has 1 atom stereocenters. The predicted octanol–water partition coefficient (Wildman–Crippen LogP) is 12.9. The zero-order chi connectivity index (χ0) is 32.5. The van der Waals surface area contributed by atoms with Crippen LogP contribution >= 0.6 is 48.0 Å². The van der Waals surface area contributed by atoms with E-state index in [0.29, 0.717) is 11.3 Å². The molecule has 0 nitrogen and oxygen atoms in total. The van der Waals surface area contributed by atoms with Gasteiger partial charge in [0.05, 0.1) is 0 Å². The van der Waals surface area contributed by atoms with E-state index in [1.165, 1.54) is 82.5 Å². The fourth-order valence-corrected chi connectivity index (χ4v) is 4.92. The Morgan fingerprint density at radius 1 is 0.826 bits per heavy atom. The van der Waals surface area contributed by atoms with Gasteiger partial charge < -0.3 is 0 Å². The number of allylic oxidation sites excluding steroid dienone is 4. The number of rotatable bonds is 3. The number of halogens is 4. The van der Waals surface area contributed by atoms with Crippen molar-refractivity contribution in [2.45, 2.75) is 67.2 Å². The fourth-order valence-electron chi connectivity index (χ4n) is 4.67. The molecular formula is C41H46Cl4Zr-4. The molecule has 1 unspecified atom stereocenters. The second-order valence-corrected chi connectivity index (χ2v) is 12.6. The van der Waals surface area contributed by atoms with Crippen LogP contribution in [-0.2, 0) is 30.7 Å². The van der Waals surface area contributed by atoms with Crippen molar-refractivity contribution in [3.8, 4) is 11.1 Å². The molecule has 2 aliphatic carbocycles. The average Bonchev–Trinajstić information content (AvgIpc) is 3.63. The van der Waals surface area contributed by atoms with E-state index in [1.807, 2.05) is 0 Å². The van der Waals surface area contributed by atoms with Crippen molar-refractivity contribution in [3.05, 3.63) is 153 Å². The van der Waals surface area contributed by atoms with E-state index in [9.17, 15) is 0 Å². The molecule has 6 rings (SSSR count). The second kappa shape index (κ2) is 23.6. The molecule has 0 aliphatic heterocycles. The third-order valence-electron chi connectivity index (χ3n) is 7.01. The third kappa shape index (κ3) is 15.9. The van der Waals surface area contributed by atoms with Gasteiger partial charge in [-0.2, -0.15) is 96.1 Å². The van der Waals surface area contributed by atoms with Crippen LogP contribution in [0, 0.1) is 49.5 Å². The van der Waals surface area contributed by atoms with Crippen molar-refractivity contribution < 1.29 is 24.2 Å². The predicted molar refractivity (Wildman–Crippen MR) is 204 cm³/mol. The van der Waals surface area contributed by atoms with E-state index in [2.05, 4.69) is 113 Å². The molecule has 0 amide bonds. The molecular weight excluding hydrogens is 725 g/mol. The van der Waals surface area contributed by atoms with Gasteiger partial charge in [-0.3, -0.25) is 6.08 Å². The first kappa shape index (κ1) is 44.3. The van der Waals surface area contributed by atoms with Gasteiger partial charge in [0, 0.05) is 0 Å². The van der Waals surface area contributed by atoms with E-state index < -0.39 is 0 Å². The van der Waals surface area contributed by atoms with Crippen LogP contribution in [0.1, 0.15) is 69.2 Å². The van der Waals surface area contributed by atoms with Gasteiger partial charge in [0.1, 0.15) is 0 Å². The number of hydrogen-bond acceptors (Lipinski definition) is 0. The van der Waals surface area contributed by atoms with E-state index in [1.54, 1.807) is 48.5 Å². The monoisotopic (exact) mass is 768 g/mol. The average molecular weight is 772 g/mol. The van der Waals surface area contributed by atoms with E-state index in [4.69, 9.17) is 23.2 Å². The second-order valence-electron chi connectivity index (χ2n) is 11.7. The van der Waals surface area contributed by atoms with E-state index in [0.717, 1.165) is 16.5 Å². The summed E-state index contributed by atoms with van der Waals surface area (Å²) in [4.78, 5) is 0. The van der Waals surface area contributed by atoms with Gasteiger partial charge in [-0.15, -0.1) is 59.1 Å². The van der Waals surface area contributed by atoms with Crippen LogP contribution in [0.25, 0.3) is 11.1 Å². The molecule has 0 saturated heterocycles. The quantitative estimate of drug-likeness (QED) is 0.160. The minimum atomic E-state index is 0. The molecule has 4 aromatic carbocycles. The molecule has 0 heterocycles. The summed E-state index contributed by atoms with van der Waals surface area (Å²) in [6.07, 6.45) is 12.9. The van der Waals surface area contributed by atoms with Gasteiger partial charge in [-0.1, -0.05) is 105 Å². The maximum atomic E-state index is 5.52. The summed E-state index contributed by atoms with van der Waals surface area (Å²) < 4.78 is 3.34. The molecule has 4 aromatic rings. The molecule has 0 fully saturated rings.